The van der Waals surface area contributed by atoms with E-state index in [1.54, 1.807) is 13.0 Å². The smallest absolute Gasteiger partial charge is 0.255 e. The molecule has 0 spiro atoms. The van der Waals surface area contributed by atoms with Crippen molar-refractivity contribution in [2.24, 2.45) is 11.8 Å². The number of ketones is 1. The topological polar surface area (TPSA) is 168 Å². The van der Waals surface area contributed by atoms with E-state index >= 15 is 0 Å². The number of benzene rings is 6. The SMILES string of the molecule is C=C1CCC(Sc2cc(C(=O)Nc3ccc(F)c(Cl)c3)ccc2F)C1.CC(=O)CC1CCC(Sc2cc(C(=O)Nc3cc(F)c(F)c(F)c3)ccc2F)C1.CS(=O)(=O)NC(=O)C1CCC(Sc2cc(C(=O)Nc3cc(F)c(F)c(F)c3)ccc2F)CC1. The van der Waals surface area contributed by atoms with Gasteiger partial charge in [-0.2, -0.15) is 0 Å². The van der Waals surface area contributed by atoms with Crippen molar-refractivity contribution in [3.05, 3.63) is 189 Å². The molecule has 0 heterocycles. The Balaban J connectivity index is 0.000000188. The van der Waals surface area contributed by atoms with Crippen molar-refractivity contribution < 1.29 is 76.3 Å². The number of hydrogen-bond donors (Lipinski definition) is 4. The van der Waals surface area contributed by atoms with Crippen molar-refractivity contribution in [3.63, 3.8) is 0 Å². The highest BCUT2D eigenvalue weighted by Crippen LogP contribution is 2.42. The van der Waals surface area contributed by atoms with Gasteiger partial charge in [-0.05, 0) is 150 Å². The van der Waals surface area contributed by atoms with Crippen LogP contribution in [0.4, 0.5) is 61.0 Å². The first-order valence-corrected chi connectivity index (χ1v) is 31.7. The van der Waals surface area contributed by atoms with Crippen LogP contribution in [0, 0.1) is 70.0 Å². The summed E-state index contributed by atoms with van der Waals surface area (Å²) in [5, 5.41) is 7.47. The minimum atomic E-state index is -3.64. The average Bonchev–Trinajstić information content (AvgIpc) is 3.84. The molecule has 4 amide bonds. The van der Waals surface area contributed by atoms with Gasteiger partial charge in [0.15, 0.2) is 34.9 Å². The number of Topliss-reactive ketones (excluding diaryl/α,β-unsaturated/α-hetero) is 1. The summed E-state index contributed by atoms with van der Waals surface area (Å²) in [6.07, 6.45) is 8.72. The lowest BCUT2D eigenvalue weighted by molar-refractivity contribution is -0.124. The molecule has 87 heavy (non-hydrogen) atoms. The van der Waals surface area contributed by atoms with Gasteiger partial charge in [0.1, 0.15) is 29.1 Å². The Labute approximate surface area is 512 Å². The fourth-order valence-corrected chi connectivity index (χ4v) is 14.2. The molecule has 11 nitrogen and oxygen atoms in total. The van der Waals surface area contributed by atoms with Crippen molar-refractivity contribution in [1.82, 2.24) is 4.72 Å². The number of halogens is 11. The molecule has 0 radical (unpaired) electrons. The van der Waals surface area contributed by atoms with E-state index < -0.39 is 91.9 Å². The maximum atomic E-state index is 14.3. The van der Waals surface area contributed by atoms with Crippen LogP contribution in [0.15, 0.2) is 124 Å². The van der Waals surface area contributed by atoms with Crippen LogP contribution in [0.2, 0.25) is 5.02 Å². The molecule has 6 aromatic carbocycles. The number of sulfonamides is 1. The van der Waals surface area contributed by atoms with E-state index in [2.05, 4.69) is 22.5 Å². The second-order valence-electron chi connectivity index (χ2n) is 20.8. The number of amides is 4. The highest BCUT2D eigenvalue weighted by molar-refractivity contribution is 8.00. The molecule has 3 fully saturated rings. The minimum Gasteiger partial charge on any atom is -0.322 e. The lowest BCUT2D eigenvalue weighted by atomic mass is 9.88. The summed E-state index contributed by atoms with van der Waals surface area (Å²) < 4.78 is 160. The molecule has 3 aliphatic rings. The monoisotopic (exact) mass is 1310 g/mol. The van der Waals surface area contributed by atoms with Crippen LogP contribution in [0.3, 0.4) is 0 Å². The fraction of sp³-hybridized carbons (Fsp3) is 0.295. The number of allylic oxidation sites excluding steroid dienone is 1. The average molecular weight is 1310 g/mol. The van der Waals surface area contributed by atoms with E-state index in [1.165, 1.54) is 95.5 Å². The molecule has 3 saturated carbocycles. The largest absolute Gasteiger partial charge is 0.322 e. The van der Waals surface area contributed by atoms with Gasteiger partial charge >= 0.3 is 0 Å². The first-order chi connectivity index (χ1) is 41.1. The minimum absolute atomic E-state index is 0.0326. The molecule has 0 aliphatic heterocycles. The van der Waals surface area contributed by atoms with E-state index in [4.69, 9.17) is 11.6 Å². The Bertz CT molecular complexity index is 3680. The van der Waals surface area contributed by atoms with E-state index in [1.807, 2.05) is 4.72 Å². The maximum absolute atomic E-state index is 14.3. The summed E-state index contributed by atoms with van der Waals surface area (Å²) in [6, 6.07) is 18.2. The van der Waals surface area contributed by atoms with Crippen molar-refractivity contribution in [2.75, 3.05) is 22.2 Å². The Morgan fingerprint density at radius 3 is 1.34 bits per heavy atom. The second kappa shape index (κ2) is 30.4. The molecule has 9 rings (SSSR count). The molecular formula is C61H55ClF10N4O7S4. The third-order valence-corrected chi connectivity index (χ3v) is 18.7. The lowest BCUT2D eigenvalue weighted by Gasteiger charge is -2.27. The molecule has 4 N–H and O–H groups in total. The summed E-state index contributed by atoms with van der Waals surface area (Å²) in [5.41, 5.74) is 1.50. The molecule has 0 bridgehead atoms. The first-order valence-electron chi connectivity index (χ1n) is 26.8. The van der Waals surface area contributed by atoms with Crippen LogP contribution in [-0.2, 0) is 19.6 Å². The Morgan fingerprint density at radius 1 is 0.517 bits per heavy atom. The molecular weight excluding hydrogens is 1250 g/mol. The van der Waals surface area contributed by atoms with Gasteiger partial charge in [-0.15, -0.1) is 35.3 Å². The lowest BCUT2D eigenvalue weighted by Crippen LogP contribution is -2.36. The predicted octanol–water partition coefficient (Wildman–Crippen LogP) is 16.0. The van der Waals surface area contributed by atoms with Crippen molar-refractivity contribution in [2.45, 2.75) is 108 Å². The number of rotatable bonds is 16. The number of thioether (sulfide) groups is 3. The molecule has 3 atom stereocenters. The van der Waals surface area contributed by atoms with Crippen LogP contribution < -0.4 is 20.7 Å². The van der Waals surface area contributed by atoms with E-state index in [0.29, 0.717) is 83.3 Å². The predicted molar refractivity (Wildman–Crippen MR) is 317 cm³/mol. The van der Waals surface area contributed by atoms with E-state index in [-0.39, 0.29) is 59.8 Å². The molecule has 3 unspecified atom stereocenters. The summed E-state index contributed by atoms with van der Waals surface area (Å²) in [7, 11) is -3.64. The number of anilines is 3. The number of carbonyl (C=O) groups is 5. The van der Waals surface area contributed by atoms with E-state index in [0.717, 1.165) is 56.9 Å². The zero-order valence-electron chi connectivity index (χ0n) is 46.3. The highest BCUT2D eigenvalue weighted by Gasteiger charge is 2.30. The zero-order valence-corrected chi connectivity index (χ0v) is 50.3. The quantitative estimate of drug-likeness (QED) is 0.0416. The third-order valence-electron chi connectivity index (χ3n) is 13.9. The van der Waals surface area contributed by atoms with Gasteiger partial charge in [0, 0.05) is 101 Å². The fourth-order valence-electron chi connectivity index (χ4n) is 9.61. The van der Waals surface area contributed by atoms with Crippen LogP contribution >= 0.6 is 46.9 Å². The highest BCUT2D eigenvalue weighted by atomic mass is 35.5. The maximum Gasteiger partial charge on any atom is 0.255 e. The molecule has 0 saturated heterocycles. The molecule has 3 aliphatic carbocycles. The number of carbonyl (C=O) groups excluding carboxylic acids is 5. The summed E-state index contributed by atoms with van der Waals surface area (Å²) in [6.45, 7) is 5.52. The Morgan fingerprint density at radius 2 is 0.931 bits per heavy atom. The van der Waals surface area contributed by atoms with Gasteiger partial charge in [-0.3, -0.25) is 23.9 Å². The third kappa shape index (κ3) is 19.9. The van der Waals surface area contributed by atoms with Crippen molar-refractivity contribution in [3.8, 4) is 0 Å². The molecule has 26 heteroatoms. The van der Waals surface area contributed by atoms with Crippen LogP contribution in [0.25, 0.3) is 0 Å². The van der Waals surface area contributed by atoms with Gasteiger partial charge in [0.25, 0.3) is 17.7 Å². The summed E-state index contributed by atoms with van der Waals surface area (Å²) in [5.74, 6) is -13.4. The molecule has 6 aromatic rings. The molecule has 0 aromatic heterocycles. The van der Waals surface area contributed by atoms with Crippen molar-refractivity contribution in [1.29, 1.82) is 0 Å². The van der Waals surface area contributed by atoms with Gasteiger partial charge in [-0.25, -0.2) is 52.3 Å². The standard InChI is InChI=1S/C21H20F4N2O4S2.C21H19F4NO2S.C19H16ClF2NOS/c1-33(30,31)27-21(29)11-2-5-14(6-3-11)32-18-8-12(4-7-15(18)22)20(28)26-13-9-16(23)19(25)17(24)10-13;1-11(27)6-12-2-4-15(7-12)29-19-8-13(3-5-16(19)22)21(28)26-14-9-17(23)20(25)18(24)10-14;1-11-2-5-14(8-11)25-18-9-12(3-6-17(18)22)19(24)23-13-4-7-16(21)15(20)10-13/h4,7-11,14H,2-3,5-6H2,1H3,(H,26,28)(H,27,29);3,5,8-10,12,15H,2,4,6-7H2,1H3,(H,26,28);3-4,6-7,9-10,14H,1-2,5,8H2,(H,23,24). The second-order valence-corrected chi connectivity index (χ2v) is 27.0. The van der Waals surface area contributed by atoms with Gasteiger partial charge in [0.05, 0.1) is 11.3 Å². The normalized spacial score (nSPS) is 18.1. The summed E-state index contributed by atoms with van der Waals surface area (Å²) in [4.78, 5) is 61.4. The van der Waals surface area contributed by atoms with Gasteiger partial charge in [-0.1, -0.05) is 23.8 Å². The van der Waals surface area contributed by atoms with Gasteiger partial charge in [0.2, 0.25) is 15.9 Å². The Hall–Kier alpha value is -6.80. The van der Waals surface area contributed by atoms with Crippen LogP contribution in [0.1, 0.15) is 109 Å². The number of nitrogens with one attached hydrogen (secondary N) is 4. The molecule has 462 valence electrons. The Kier molecular flexibility index (Phi) is 23.7. The summed E-state index contributed by atoms with van der Waals surface area (Å²) >= 11 is 9.65. The van der Waals surface area contributed by atoms with Crippen LogP contribution in [0.5, 0.6) is 0 Å². The van der Waals surface area contributed by atoms with Crippen molar-refractivity contribution >= 4 is 103 Å². The van der Waals surface area contributed by atoms with Gasteiger partial charge < -0.3 is 20.7 Å². The first kappa shape index (κ1) is 67.7. The zero-order chi connectivity index (χ0) is 63.4. The van der Waals surface area contributed by atoms with E-state index in [9.17, 15) is 76.3 Å². The number of hydrogen-bond acceptors (Lipinski definition) is 10. The van der Waals surface area contributed by atoms with Crippen LogP contribution in [-0.4, -0.2) is 59.8 Å².